The number of para-hydroxylation sites is 1. The van der Waals surface area contributed by atoms with E-state index in [9.17, 15) is 9.90 Å². The molecule has 166 valence electrons. The summed E-state index contributed by atoms with van der Waals surface area (Å²) in [7, 11) is 1.63. The average molecular weight is 464 g/mol. The second-order valence-corrected chi connectivity index (χ2v) is 9.19. The minimum absolute atomic E-state index is 0.0469. The number of rotatable bonds is 5. The van der Waals surface area contributed by atoms with Gasteiger partial charge in [0, 0.05) is 23.0 Å². The van der Waals surface area contributed by atoms with Gasteiger partial charge in [0.05, 0.1) is 23.8 Å². The maximum atomic E-state index is 13.3. The predicted octanol–water partition coefficient (Wildman–Crippen LogP) is 5.28. The third-order valence-electron chi connectivity index (χ3n) is 6.59. The lowest BCUT2D eigenvalue weighted by molar-refractivity contribution is -0.157. The van der Waals surface area contributed by atoms with Gasteiger partial charge in [0.1, 0.15) is 11.5 Å². The fourth-order valence-corrected chi connectivity index (χ4v) is 5.53. The van der Waals surface area contributed by atoms with Crippen LogP contribution in [-0.4, -0.2) is 41.8 Å². The van der Waals surface area contributed by atoms with Gasteiger partial charge in [0.2, 0.25) is 0 Å². The van der Waals surface area contributed by atoms with Crippen molar-refractivity contribution in [3.8, 4) is 11.5 Å². The van der Waals surface area contributed by atoms with Crippen LogP contribution in [0.2, 0.25) is 10.0 Å². The first kappa shape index (κ1) is 22.3. The average Bonchev–Trinajstić information content (AvgIpc) is 2.77. The molecule has 0 bridgehead atoms. The summed E-state index contributed by atoms with van der Waals surface area (Å²) in [4.78, 5) is 15.2. The quantitative estimate of drug-likeness (QED) is 0.655. The molecule has 1 amide bonds. The first-order chi connectivity index (χ1) is 14.9. The molecule has 0 radical (unpaired) electrons. The number of benzene rings is 2. The fourth-order valence-electron chi connectivity index (χ4n) is 5.07. The number of piperidine rings is 1. The molecule has 1 aliphatic carbocycles. The number of fused-ring (bicyclic) bond motifs is 1. The van der Waals surface area contributed by atoms with Crippen LogP contribution >= 0.6 is 23.2 Å². The van der Waals surface area contributed by atoms with E-state index in [2.05, 4.69) is 0 Å². The monoisotopic (exact) mass is 463 g/mol. The summed E-state index contributed by atoms with van der Waals surface area (Å²) >= 11 is 12.1. The van der Waals surface area contributed by atoms with Gasteiger partial charge in [-0.1, -0.05) is 54.2 Å². The molecule has 0 aromatic heterocycles. The maximum absolute atomic E-state index is 13.3. The van der Waals surface area contributed by atoms with E-state index in [1.807, 2.05) is 29.2 Å². The maximum Gasteiger partial charge on any atom is 0.261 e. The van der Waals surface area contributed by atoms with Gasteiger partial charge in [0.15, 0.2) is 6.61 Å². The third-order valence-corrected chi connectivity index (χ3v) is 7.12. The Hall–Kier alpha value is -1.95. The topological polar surface area (TPSA) is 59.0 Å². The van der Waals surface area contributed by atoms with Crippen molar-refractivity contribution in [3.63, 3.8) is 0 Å². The molecule has 2 aliphatic rings. The molecule has 31 heavy (non-hydrogen) atoms. The Morgan fingerprint density at radius 2 is 1.97 bits per heavy atom. The summed E-state index contributed by atoms with van der Waals surface area (Å²) in [5, 5.41) is 12.3. The zero-order valence-corrected chi connectivity index (χ0v) is 19.0. The van der Waals surface area contributed by atoms with Gasteiger partial charge >= 0.3 is 0 Å². The largest absolute Gasteiger partial charge is 0.496 e. The molecule has 0 unspecified atom stereocenters. The molecule has 4 rings (SSSR count). The number of methoxy groups -OCH3 is 1. The molecule has 2 aromatic rings. The Balaban J connectivity index is 1.62. The van der Waals surface area contributed by atoms with Gasteiger partial charge in [-0.15, -0.1) is 0 Å². The lowest BCUT2D eigenvalue weighted by Gasteiger charge is -2.52. The smallest absolute Gasteiger partial charge is 0.261 e. The highest BCUT2D eigenvalue weighted by molar-refractivity contribution is 6.35. The van der Waals surface area contributed by atoms with Crippen molar-refractivity contribution in [2.24, 2.45) is 5.92 Å². The molecule has 5 nitrogen and oxygen atoms in total. The van der Waals surface area contributed by atoms with E-state index in [-0.39, 0.29) is 24.5 Å². The van der Waals surface area contributed by atoms with Crippen molar-refractivity contribution < 1.29 is 19.4 Å². The summed E-state index contributed by atoms with van der Waals surface area (Å²) in [6.07, 6.45) is 4.25. The second kappa shape index (κ2) is 9.27. The number of aliphatic hydroxyl groups is 1. The predicted molar refractivity (Wildman–Crippen MR) is 121 cm³/mol. The number of likely N-dealkylation sites (tertiary alicyclic amines) is 1. The van der Waals surface area contributed by atoms with Crippen molar-refractivity contribution in [1.29, 1.82) is 0 Å². The minimum Gasteiger partial charge on any atom is -0.496 e. The Morgan fingerprint density at radius 1 is 1.16 bits per heavy atom. The van der Waals surface area contributed by atoms with Crippen LogP contribution in [0.15, 0.2) is 42.5 Å². The van der Waals surface area contributed by atoms with Crippen LogP contribution in [0.1, 0.15) is 43.7 Å². The Kier molecular flexibility index (Phi) is 6.65. The van der Waals surface area contributed by atoms with Crippen LogP contribution in [0.3, 0.4) is 0 Å². The highest BCUT2D eigenvalue weighted by Gasteiger charge is 2.50. The van der Waals surface area contributed by atoms with Gasteiger partial charge in [-0.2, -0.15) is 0 Å². The van der Waals surface area contributed by atoms with Crippen molar-refractivity contribution in [2.45, 2.75) is 43.7 Å². The highest BCUT2D eigenvalue weighted by Crippen LogP contribution is 2.50. The molecular weight excluding hydrogens is 437 g/mol. The number of amides is 1. The van der Waals surface area contributed by atoms with Crippen molar-refractivity contribution in [1.82, 2.24) is 4.90 Å². The second-order valence-electron chi connectivity index (χ2n) is 8.34. The first-order valence-corrected chi connectivity index (χ1v) is 11.4. The molecule has 1 aliphatic heterocycles. The SMILES string of the molecule is COc1ccccc1[C@@H]1[C@H]2CCCC[C@@]2(O)CCN1C(=O)COc1ccc(Cl)cc1Cl. The Morgan fingerprint density at radius 3 is 2.74 bits per heavy atom. The van der Waals surface area contributed by atoms with E-state index in [0.29, 0.717) is 28.8 Å². The number of ether oxygens (including phenoxy) is 2. The summed E-state index contributed by atoms with van der Waals surface area (Å²) in [5.74, 6) is 0.949. The number of carbonyl (C=O) groups excluding carboxylic acids is 1. The van der Waals surface area contributed by atoms with E-state index in [4.69, 9.17) is 32.7 Å². The number of halogens is 2. The summed E-state index contributed by atoms with van der Waals surface area (Å²) in [6, 6.07) is 12.4. The molecule has 1 saturated heterocycles. The van der Waals surface area contributed by atoms with Crippen LogP contribution < -0.4 is 9.47 Å². The third kappa shape index (κ3) is 4.50. The summed E-state index contributed by atoms with van der Waals surface area (Å²) in [6.45, 7) is 0.324. The van der Waals surface area contributed by atoms with E-state index >= 15 is 0 Å². The lowest BCUT2D eigenvalue weighted by Crippen LogP contribution is -2.57. The number of hydrogen-bond donors (Lipinski definition) is 1. The number of carbonyl (C=O) groups is 1. The Bertz CT molecular complexity index is 953. The number of nitrogens with zero attached hydrogens (tertiary/aromatic N) is 1. The summed E-state index contributed by atoms with van der Waals surface area (Å²) in [5.41, 5.74) is 0.161. The van der Waals surface area contributed by atoms with E-state index in [1.165, 1.54) is 0 Å². The zero-order chi connectivity index (χ0) is 22.0. The van der Waals surface area contributed by atoms with Crippen molar-refractivity contribution in [2.75, 3.05) is 20.3 Å². The molecule has 7 heteroatoms. The van der Waals surface area contributed by atoms with Gasteiger partial charge in [0.25, 0.3) is 5.91 Å². The fraction of sp³-hybridized carbons (Fsp3) is 0.458. The van der Waals surface area contributed by atoms with Crippen LogP contribution in [0.25, 0.3) is 0 Å². The molecule has 1 saturated carbocycles. The first-order valence-electron chi connectivity index (χ1n) is 10.7. The Labute approximate surface area is 192 Å². The highest BCUT2D eigenvalue weighted by atomic mass is 35.5. The van der Waals surface area contributed by atoms with Crippen LogP contribution in [0, 0.1) is 5.92 Å². The van der Waals surface area contributed by atoms with Gasteiger partial charge < -0.3 is 19.5 Å². The van der Waals surface area contributed by atoms with Crippen molar-refractivity contribution in [3.05, 3.63) is 58.1 Å². The lowest BCUT2D eigenvalue weighted by atomic mass is 9.66. The molecule has 1 heterocycles. The van der Waals surface area contributed by atoms with Crippen LogP contribution in [-0.2, 0) is 4.79 Å². The standard InChI is InChI=1S/C24H27Cl2NO4/c1-30-20-8-3-2-6-17(20)23-18-7-4-5-11-24(18,29)12-13-27(23)22(28)15-31-21-10-9-16(25)14-19(21)26/h2-3,6,8-10,14,18,23,29H,4-5,7,11-13,15H2,1H3/t18-,23-,24-/m1/s1. The van der Waals surface area contributed by atoms with E-state index in [0.717, 1.165) is 37.0 Å². The van der Waals surface area contributed by atoms with E-state index in [1.54, 1.807) is 25.3 Å². The van der Waals surface area contributed by atoms with Gasteiger partial charge in [-0.3, -0.25) is 4.79 Å². The minimum atomic E-state index is -0.763. The van der Waals surface area contributed by atoms with Crippen molar-refractivity contribution >= 4 is 29.1 Å². The molecule has 2 aromatic carbocycles. The molecule has 1 N–H and O–H groups in total. The van der Waals surface area contributed by atoms with Crippen LogP contribution in [0.5, 0.6) is 11.5 Å². The van der Waals surface area contributed by atoms with Gasteiger partial charge in [-0.05, 0) is 43.5 Å². The van der Waals surface area contributed by atoms with Gasteiger partial charge in [-0.25, -0.2) is 0 Å². The van der Waals surface area contributed by atoms with Crippen LogP contribution in [0.4, 0.5) is 0 Å². The normalized spacial score (nSPS) is 25.6. The zero-order valence-electron chi connectivity index (χ0n) is 17.5. The van der Waals surface area contributed by atoms with E-state index < -0.39 is 5.60 Å². The molecular formula is C24H27Cl2NO4. The summed E-state index contributed by atoms with van der Waals surface area (Å²) < 4.78 is 11.3. The molecule has 3 atom stereocenters. The number of hydrogen-bond acceptors (Lipinski definition) is 4. The molecule has 2 fully saturated rings. The molecule has 0 spiro atoms.